The summed E-state index contributed by atoms with van der Waals surface area (Å²) in [5.74, 6) is -0.737. The first-order valence-corrected chi connectivity index (χ1v) is 6.04. The maximum atomic E-state index is 13.3. The average molecular weight is 309 g/mol. The van der Waals surface area contributed by atoms with Crippen LogP contribution in [0, 0.1) is 12.7 Å². The van der Waals surface area contributed by atoms with E-state index < -0.39 is 5.82 Å². The van der Waals surface area contributed by atoms with Gasteiger partial charge in [0.15, 0.2) is 0 Å². The quantitative estimate of drug-likeness (QED) is 0.922. The van der Waals surface area contributed by atoms with Gasteiger partial charge in [-0.25, -0.2) is 4.39 Å². The fraction of sp³-hybridized carbons (Fsp3) is 0.0769. The van der Waals surface area contributed by atoms with Gasteiger partial charge >= 0.3 is 0 Å². The molecule has 1 aromatic heterocycles. The second kappa shape index (κ2) is 5.27. The predicted molar refractivity (Wildman–Crippen MR) is 71.0 cm³/mol. The number of pyridine rings is 1. The third-order valence-electron chi connectivity index (χ3n) is 2.35. The number of aromatic nitrogens is 1. The zero-order chi connectivity index (χ0) is 13.1. The molecular weight excluding hydrogens is 299 g/mol. The molecule has 0 saturated heterocycles. The van der Waals surface area contributed by atoms with Gasteiger partial charge in [0, 0.05) is 17.6 Å². The highest BCUT2D eigenvalue weighted by Gasteiger charge is 2.07. The highest BCUT2D eigenvalue weighted by atomic mass is 79.9. The number of nitrogens with one attached hydrogen (secondary N) is 1. The van der Waals surface area contributed by atoms with Gasteiger partial charge in [-0.2, -0.15) is 0 Å². The van der Waals surface area contributed by atoms with E-state index in [-0.39, 0.29) is 5.91 Å². The van der Waals surface area contributed by atoms with Crippen molar-refractivity contribution in [1.29, 1.82) is 0 Å². The molecule has 0 radical (unpaired) electrons. The normalized spacial score (nSPS) is 10.2. The Labute approximate surface area is 112 Å². The van der Waals surface area contributed by atoms with Crippen LogP contribution in [0.15, 0.2) is 41.0 Å². The smallest absolute Gasteiger partial charge is 0.257 e. The van der Waals surface area contributed by atoms with Crippen molar-refractivity contribution in [2.75, 3.05) is 5.32 Å². The van der Waals surface area contributed by atoms with Gasteiger partial charge in [-0.15, -0.1) is 0 Å². The predicted octanol–water partition coefficient (Wildman–Crippen LogP) is 3.54. The Morgan fingerprint density at radius 2 is 2.11 bits per heavy atom. The van der Waals surface area contributed by atoms with Crippen molar-refractivity contribution in [3.63, 3.8) is 0 Å². The number of carbonyl (C=O) groups is 1. The summed E-state index contributed by atoms with van der Waals surface area (Å²) in [5, 5.41) is 2.61. The van der Waals surface area contributed by atoms with E-state index >= 15 is 0 Å². The van der Waals surface area contributed by atoms with Crippen LogP contribution in [0.1, 0.15) is 16.1 Å². The molecule has 2 rings (SSSR count). The van der Waals surface area contributed by atoms with E-state index in [0.29, 0.717) is 15.7 Å². The molecule has 0 atom stereocenters. The van der Waals surface area contributed by atoms with Crippen molar-refractivity contribution in [3.05, 3.63) is 58.1 Å². The zero-order valence-electron chi connectivity index (χ0n) is 9.58. The number of hydrogen-bond donors (Lipinski definition) is 1. The molecule has 0 saturated carbocycles. The van der Waals surface area contributed by atoms with Crippen molar-refractivity contribution >= 4 is 27.5 Å². The lowest BCUT2D eigenvalue weighted by atomic mass is 10.2. The van der Waals surface area contributed by atoms with Gasteiger partial charge in [0.1, 0.15) is 5.82 Å². The lowest BCUT2D eigenvalue weighted by molar-refractivity contribution is 0.102. The molecule has 0 aliphatic heterocycles. The Kier molecular flexibility index (Phi) is 3.72. The number of nitrogens with zero attached hydrogens (tertiary/aromatic N) is 1. The third kappa shape index (κ3) is 2.92. The van der Waals surface area contributed by atoms with Crippen LogP contribution in [0.3, 0.4) is 0 Å². The second-order valence-corrected chi connectivity index (χ2v) is 4.63. The highest BCUT2D eigenvalue weighted by Crippen LogP contribution is 2.19. The summed E-state index contributed by atoms with van der Waals surface area (Å²) in [7, 11) is 0. The van der Waals surface area contributed by atoms with Crippen molar-refractivity contribution in [2.24, 2.45) is 0 Å². The first-order chi connectivity index (χ1) is 8.56. The average Bonchev–Trinajstić information content (AvgIpc) is 2.34. The minimum atomic E-state index is -0.421. The van der Waals surface area contributed by atoms with E-state index in [4.69, 9.17) is 0 Å². The molecule has 1 amide bonds. The van der Waals surface area contributed by atoms with Crippen LogP contribution in [0.4, 0.5) is 10.1 Å². The van der Waals surface area contributed by atoms with Crippen LogP contribution in [0.5, 0.6) is 0 Å². The fourth-order valence-corrected chi connectivity index (χ4v) is 1.63. The molecular formula is C13H10BrFN2O. The number of hydrogen-bond acceptors (Lipinski definition) is 2. The molecule has 1 N–H and O–H groups in total. The van der Waals surface area contributed by atoms with Gasteiger partial charge in [0.05, 0.1) is 10.0 Å². The highest BCUT2D eigenvalue weighted by molar-refractivity contribution is 9.10. The topological polar surface area (TPSA) is 42.0 Å². The van der Waals surface area contributed by atoms with Crippen LogP contribution < -0.4 is 5.32 Å². The summed E-state index contributed by atoms with van der Waals surface area (Å²) in [5.41, 5.74) is 1.67. The van der Waals surface area contributed by atoms with Crippen LogP contribution >= 0.6 is 15.9 Å². The number of carbonyl (C=O) groups excluding carboxylic acids is 1. The summed E-state index contributed by atoms with van der Waals surface area (Å²) in [6.07, 6.45) is 1.49. The largest absolute Gasteiger partial charge is 0.322 e. The van der Waals surface area contributed by atoms with Gasteiger partial charge in [-0.3, -0.25) is 9.78 Å². The van der Waals surface area contributed by atoms with Gasteiger partial charge in [0.2, 0.25) is 0 Å². The summed E-state index contributed by atoms with van der Waals surface area (Å²) in [6.45, 7) is 1.84. The molecule has 92 valence electrons. The number of amides is 1. The van der Waals surface area contributed by atoms with Crippen LogP contribution in [-0.2, 0) is 0 Å². The molecule has 0 spiro atoms. The van der Waals surface area contributed by atoms with Crippen molar-refractivity contribution < 1.29 is 9.18 Å². The number of rotatable bonds is 2. The number of halogens is 2. The van der Waals surface area contributed by atoms with Crippen LogP contribution in [0.25, 0.3) is 0 Å². The van der Waals surface area contributed by atoms with E-state index in [1.807, 2.05) is 6.92 Å². The van der Waals surface area contributed by atoms with Crippen molar-refractivity contribution in [3.8, 4) is 0 Å². The second-order valence-electron chi connectivity index (χ2n) is 3.77. The lowest BCUT2D eigenvalue weighted by Gasteiger charge is -2.06. The Hall–Kier alpha value is -1.75. The van der Waals surface area contributed by atoms with Gasteiger partial charge in [-0.1, -0.05) is 0 Å². The molecule has 0 unspecified atom stereocenters. The molecule has 0 aliphatic rings. The standard InChI is InChI=1S/C13H10BrFN2O/c1-8-2-3-9(7-16-8)13(18)17-10-4-5-11(14)12(15)6-10/h2-7H,1H3,(H,17,18). The first-order valence-electron chi connectivity index (χ1n) is 5.25. The van der Waals surface area contributed by atoms with E-state index in [2.05, 4.69) is 26.2 Å². The molecule has 0 fully saturated rings. The van der Waals surface area contributed by atoms with E-state index in [9.17, 15) is 9.18 Å². The molecule has 1 aromatic carbocycles. The van der Waals surface area contributed by atoms with E-state index in [1.54, 1.807) is 24.3 Å². The number of benzene rings is 1. The molecule has 0 aliphatic carbocycles. The summed E-state index contributed by atoms with van der Waals surface area (Å²) in [6, 6.07) is 7.83. The number of aryl methyl sites for hydroxylation is 1. The Morgan fingerprint density at radius 3 is 2.72 bits per heavy atom. The van der Waals surface area contributed by atoms with E-state index in [0.717, 1.165) is 5.69 Å². The molecule has 0 bridgehead atoms. The minimum Gasteiger partial charge on any atom is -0.322 e. The lowest BCUT2D eigenvalue weighted by Crippen LogP contribution is -2.12. The molecule has 5 heteroatoms. The Morgan fingerprint density at radius 1 is 1.33 bits per heavy atom. The Bertz CT molecular complexity index is 584. The minimum absolute atomic E-state index is 0.316. The van der Waals surface area contributed by atoms with E-state index in [1.165, 1.54) is 12.3 Å². The third-order valence-corrected chi connectivity index (χ3v) is 2.99. The molecule has 18 heavy (non-hydrogen) atoms. The Balaban J connectivity index is 2.16. The molecule has 3 nitrogen and oxygen atoms in total. The summed E-state index contributed by atoms with van der Waals surface area (Å²) < 4.78 is 13.6. The SMILES string of the molecule is Cc1ccc(C(=O)Nc2ccc(Br)c(F)c2)cn1. The van der Waals surface area contributed by atoms with Crippen LogP contribution in [0.2, 0.25) is 0 Å². The first kappa shape index (κ1) is 12.7. The van der Waals surface area contributed by atoms with Crippen molar-refractivity contribution in [2.45, 2.75) is 6.92 Å². The zero-order valence-corrected chi connectivity index (χ0v) is 11.2. The molecule has 1 heterocycles. The summed E-state index contributed by atoms with van der Waals surface area (Å²) in [4.78, 5) is 15.9. The van der Waals surface area contributed by atoms with Gasteiger partial charge < -0.3 is 5.32 Å². The molecule has 2 aromatic rings. The maximum Gasteiger partial charge on any atom is 0.257 e. The van der Waals surface area contributed by atoms with Crippen LogP contribution in [-0.4, -0.2) is 10.9 Å². The number of anilines is 1. The maximum absolute atomic E-state index is 13.3. The summed E-state index contributed by atoms with van der Waals surface area (Å²) >= 11 is 3.05. The van der Waals surface area contributed by atoms with Gasteiger partial charge in [0.25, 0.3) is 5.91 Å². The van der Waals surface area contributed by atoms with Gasteiger partial charge in [-0.05, 0) is 53.2 Å². The van der Waals surface area contributed by atoms with Crippen molar-refractivity contribution in [1.82, 2.24) is 4.98 Å². The monoisotopic (exact) mass is 308 g/mol. The fourth-order valence-electron chi connectivity index (χ4n) is 1.38.